The molecule has 7 nitrogen and oxygen atoms in total. The summed E-state index contributed by atoms with van der Waals surface area (Å²) in [6.45, 7) is 5.32. The monoisotopic (exact) mass is 334 g/mol. The molecule has 122 valence electrons. The Balaban J connectivity index is 1.93. The molecule has 1 aliphatic heterocycles. The first-order valence-corrected chi connectivity index (χ1v) is 8.35. The number of rotatable bonds is 4. The number of fused-ring (bicyclic) bond motifs is 1. The number of hydrogen-bond acceptors (Lipinski definition) is 5. The normalized spacial score (nSPS) is 17.3. The zero-order valence-corrected chi connectivity index (χ0v) is 13.8. The van der Waals surface area contributed by atoms with E-state index in [1.807, 2.05) is 4.57 Å². The molecular weight excluding hydrogens is 316 g/mol. The van der Waals surface area contributed by atoms with Crippen LogP contribution in [0.3, 0.4) is 0 Å². The minimum atomic E-state index is -0.937. The van der Waals surface area contributed by atoms with E-state index in [0.717, 1.165) is 0 Å². The van der Waals surface area contributed by atoms with Crippen LogP contribution < -0.4 is 0 Å². The SMILES string of the molecule is CC(C)Cn1cnc2c1[C@@H](C(=O)O)CN(C(=O)c1cscn1)C2. The minimum absolute atomic E-state index is 0.141. The van der Waals surface area contributed by atoms with Crippen molar-refractivity contribution >= 4 is 23.2 Å². The standard InChI is InChI=1S/C15H18N4O3S/c1-9(2)3-19-7-16-11-5-18(4-10(13(11)19)15(21)22)14(20)12-6-23-8-17-12/h6-10H,3-5H2,1-2H3,(H,21,22)/t10-/m0/s1. The number of carbonyl (C=O) groups is 2. The van der Waals surface area contributed by atoms with Gasteiger partial charge in [0, 0.05) is 18.5 Å². The molecule has 0 bridgehead atoms. The average Bonchev–Trinajstić information content (AvgIpc) is 3.15. The summed E-state index contributed by atoms with van der Waals surface area (Å²) in [5.41, 5.74) is 3.32. The van der Waals surface area contributed by atoms with Crippen molar-refractivity contribution < 1.29 is 14.7 Å². The lowest BCUT2D eigenvalue weighted by Crippen LogP contribution is -2.41. The number of carbonyl (C=O) groups excluding carboxylic acids is 1. The smallest absolute Gasteiger partial charge is 0.314 e. The Kier molecular flexibility index (Phi) is 4.16. The van der Waals surface area contributed by atoms with Crippen molar-refractivity contribution in [1.82, 2.24) is 19.4 Å². The number of carboxylic acid groups (broad SMARTS) is 1. The molecule has 0 aliphatic carbocycles. The maximum absolute atomic E-state index is 12.5. The van der Waals surface area contributed by atoms with Crippen LogP contribution >= 0.6 is 11.3 Å². The molecule has 2 aromatic heterocycles. The largest absolute Gasteiger partial charge is 0.481 e. The van der Waals surface area contributed by atoms with Gasteiger partial charge in [-0.1, -0.05) is 13.8 Å². The number of thiazole rings is 1. The second kappa shape index (κ2) is 6.11. The Hall–Kier alpha value is -2.22. The summed E-state index contributed by atoms with van der Waals surface area (Å²) in [5.74, 6) is -1.56. The predicted octanol–water partition coefficient (Wildman–Crippen LogP) is 1.82. The van der Waals surface area contributed by atoms with Crippen LogP contribution in [-0.4, -0.2) is 43.0 Å². The summed E-state index contributed by atoms with van der Waals surface area (Å²) in [6, 6.07) is 0. The molecule has 0 unspecified atom stereocenters. The van der Waals surface area contributed by atoms with E-state index in [1.165, 1.54) is 16.2 Å². The summed E-state index contributed by atoms with van der Waals surface area (Å²) in [7, 11) is 0. The zero-order valence-electron chi connectivity index (χ0n) is 13.0. The first-order valence-electron chi connectivity index (χ1n) is 7.41. The van der Waals surface area contributed by atoms with E-state index in [9.17, 15) is 14.7 Å². The zero-order chi connectivity index (χ0) is 16.6. The maximum atomic E-state index is 12.5. The number of carboxylic acids is 1. The lowest BCUT2D eigenvalue weighted by Gasteiger charge is -2.31. The number of imidazole rings is 1. The van der Waals surface area contributed by atoms with Crippen molar-refractivity contribution in [3.63, 3.8) is 0 Å². The third-order valence-corrected chi connectivity index (χ3v) is 4.42. The highest BCUT2D eigenvalue weighted by atomic mass is 32.1. The predicted molar refractivity (Wildman–Crippen MR) is 84.3 cm³/mol. The van der Waals surface area contributed by atoms with Gasteiger partial charge in [-0.05, 0) is 5.92 Å². The Morgan fingerprint density at radius 2 is 2.22 bits per heavy atom. The van der Waals surface area contributed by atoms with Crippen molar-refractivity contribution in [2.75, 3.05) is 6.54 Å². The summed E-state index contributed by atoms with van der Waals surface area (Å²) >= 11 is 1.34. The van der Waals surface area contributed by atoms with Crippen molar-refractivity contribution in [2.45, 2.75) is 32.9 Å². The summed E-state index contributed by atoms with van der Waals surface area (Å²) < 4.78 is 1.91. The number of nitrogens with zero attached hydrogens (tertiary/aromatic N) is 4. The molecule has 0 radical (unpaired) electrons. The third-order valence-electron chi connectivity index (χ3n) is 3.83. The van der Waals surface area contributed by atoms with Crippen LogP contribution in [0.4, 0.5) is 0 Å². The lowest BCUT2D eigenvalue weighted by atomic mass is 9.97. The van der Waals surface area contributed by atoms with Crippen molar-refractivity contribution in [2.24, 2.45) is 5.92 Å². The van der Waals surface area contributed by atoms with E-state index >= 15 is 0 Å². The molecule has 0 fully saturated rings. The van der Waals surface area contributed by atoms with Crippen LogP contribution in [0.5, 0.6) is 0 Å². The van der Waals surface area contributed by atoms with Crippen molar-refractivity contribution in [3.05, 3.63) is 34.3 Å². The van der Waals surface area contributed by atoms with E-state index in [1.54, 1.807) is 17.2 Å². The molecule has 8 heteroatoms. The van der Waals surface area contributed by atoms with Crippen LogP contribution in [0.25, 0.3) is 0 Å². The van der Waals surface area contributed by atoms with Crippen LogP contribution in [0.1, 0.15) is 41.6 Å². The molecule has 1 amide bonds. The van der Waals surface area contributed by atoms with Gasteiger partial charge in [0.25, 0.3) is 5.91 Å². The summed E-state index contributed by atoms with van der Waals surface area (Å²) in [4.78, 5) is 34.1. The van der Waals surface area contributed by atoms with Crippen molar-refractivity contribution in [1.29, 1.82) is 0 Å². The molecule has 3 rings (SSSR count). The summed E-state index contributed by atoms with van der Waals surface area (Å²) in [5, 5.41) is 11.3. The molecule has 0 aromatic carbocycles. The molecule has 23 heavy (non-hydrogen) atoms. The van der Waals surface area contributed by atoms with Gasteiger partial charge in [0.15, 0.2) is 0 Å². The van der Waals surface area contributed by atoms with Crippen LogP contribution in [-0.2, 0) is 17.9 Å². The van der Waals surface area contributed by atoms with Crippen LogP contribution in [0.15, 0.2) is 17.2 Å². The Morgan fingerprint density at radius 1 is 1.43 bits per heavy atom. The second-order valence-electron chi connectivity index (χ2n) is 6.07. The van der Waals surface area contributed by atoms with Crippen molar-refractivity contribution in [3.8, 4) is 0 Å². The first kappa shape index (κ1) is 15.7. The van der Waals surface area contributed by atoms with Gasteiger partial charge in [-0.2, -0.15) is 0 Å². The molecule has 0 saturated heterocycles. The molecule has 1 N–H and O–H groups in total. The van der Waals surface area contributed by atoms with Gasteiger partial charge in [0.2, 0.25) is 0 Å². The molecule has 0 spiro atoms. The molecular formula is C15H18N4O3S. The van der Waals surface area contributed by atoms with Gasteiger partial charge in [-0.3, -0.25) is 9.59 Å². The highest BCUT2D eigenvalue weighted by Crippen LogP contribution is 2.29. The van der Waals surface area contributed by atoms with Gasteiger partial charge >= 0.3 is 5.97 Å². The number of aromatic nitrogens is 3. The lowest BCUT2D eigenvalue weighted by molar-refractivity contribution is -0.139. The van der Waals surface area contributed by atoms with Crippen LogP contribution in [0, 0.1) is 5.92 Å². The van der Waals surface area contributed by atoms with Gasteiger partial charge in [-0.25, -0.2) is 9.97 Å². The number of amides is 1. The topological polar surface area (TPSA) is 88.3 Å². The van der Waals surface area contributed by atoms with Gasteiger partial charge in [0.05, 0.1) is 29.8 Å². The summed E-state index contributed by atoms with van der Waals surface area (Å²) in [6.07, 6.45) is 1.68. The second-order valence-corrected chi connectivity index (χ2v) is 6.79. The van der Waals surface area contributed by atoms with E-state index in [2.05, 4.69) is 23.8 Å². The van der Waals surface area contributed by atoms with E-state index in [4.69, 9.17) is 0 Å². The number of hydrogen-bond donors (Lipinski definition) is 1. The van der Waals surface area contributed by atoms with E-state index < -0.39 is 11.9 Å². The van der Waals surface area contributed by atoms with E-state index in [0.29, 0.717) is 36.1 Å². The molecule has 3 heterocycles. The molecule has 0 saturated carbocycles. The highest BCUT2D eigenvalue weighted by Gasteiger charge is 2.36. The molecule has 2 aromatic rings. The Bertz CT molecular complexity index is 723. The Labute approximate surface area is 137 Å². The highest BCUT2D eigenvalue weighted by molar-refractivity contribution is 7.07. The fourth-order valence-electron chi connectivity index (χ4n) is 2.88. The third kappa shape index (κ3) is 2.98. The molecule has 1 aliphatic rings. The fraction of sp³-hybridized carbons (Fsp3) is 0.467. The van der Waals surface area contributed by atoms with Gasteiger partial charge in [0.1, 0.15) is 11.6 Å². The Morgan fingerprint density at radius 3 is 2.83 bits per heavy atom. The van der Waals surface area contributed by atoms with Gasteiger partial charge in [-0.15, -0.1) is 11.3 Å². The average molecular weight is 334 g/mol. The quantitative estimate of drug-likeness (QED) is 0.921. The minimum Gasteiger partial charge on any atom is -0.481 e. The first-order chi connectivity index (χ1) is 11.0. The fourth-order valence-corrected chi connectivity index (χ4v) is 3.40. The van der Waals surface area contributed by atoms with E-state index in [-0.39, 0.29) is 12.5 Å². The number of aliphatic carboxylic acids is 1. The van der Waals surface area contributed by atoms with Crippen LogP contribution in [0.2, 0.25) is 0 Å². The van der Waals surface area contributed by atoms with Gasteiger partial charge < -0.3 is 14.6 Å². The molecule has 1 atom stereocenters. The maximum Gasteiger partial charge on any atom is 0.314 e.